The van der Waals surface area contributed by atoms with Crippen LogP contribution in [-0.4, -0.2) is 25.6 Å². The summed E-state index contributed by atoms with van der Waals surface area (Å²) in [6, 6.07) is 8.16. The lowest BCUT2D eigenvalue weighted by Gasteiger charge is -2.11. The number of carbonyl (C=O) groups is 1. The molecule has 36 heavy (non-hydrogen) atoms. The summed E-state index contributed by atoms with van der Waals surface area (Å²) < 4.78 is 105. The van der Waals surface area contributed by atoms with Crippen LogP contribution in [0.25, 0.3) is 17.3 Å². The fourth-order valence-electron chi connectivity index (χ4n) is 3.05. The fourth-order valence-corrected chi connectivity index (χ4v) is 3.62. The summed E-state index contributed by atoms with van der Waals surface area (Å²) >= 11 is 0. The standard InChI is InChI=1S/C23H17F6N3O3S/c1-36(34,35)32-22-17(25)9-13(10-18(22)26)12-30-20(33)8-6-14-5-7-19(23(27,28)29)31-21(14)15-3-2-4-16(24)11-15/h2-11,32H,12H2,1H3,(H,30,33)/b8-6+. The monoisotopic (exact) mass is 529 g/mol. The van der Waals surface area contributed by atoms with Gasteiger partial charge in [-0.05, 0) is 42.0 Å². The number of sulfonamides is 1. The molecule has 3 rings (SSSR count). The molecule has 2 N–H and O–H groups in total. The summed E-state index contributed by atoms with van der Waals surface area (Å²) in [6.45, 7) is -0.349. The number of anilines is 1. The molecule has 0 atom stereocenters. The van der Waals surface area contributed by atoms with Gasteiger partial charge in [0.2, 0.25) is 15.9 Å². The molecule has 0 bridgehead atoms. The van der Waals surface area contributed by atoms with Gasteiger partial charge in [-0.3, -0.25) is 9.52 Å². The van der Waals surface area contributed by atoms with Crippen LogP contribution < -0.4 is 10.0 Å². The van der Waals surface area contributed by atoms with E-state index in [0.29, 0.717) is 6.07 Å². The minimum atomic E-state index is -4.75. The maximum absolute atomic E-state index is 14.1. The Balaban J connectivity index is 1.80. The van der Waals surface area contributed by atoms with Crippen molar-refractivity contribution in [2.24, 2.45) is 0 Å². The molecule has 1 heterocycles. The van der Waals surface area contributed by atoms with Gasteiger partial charge >= 0.3 is 6.18 Å². The molecule has 0 radical (unpaired) electrons. The molecule has 2 aromatic carbocycles. The lowest BCUT2D eigenvalue weighted by molar-refractivity contribution is -0.141. The Kier molecular flexibility index (Phi) is 7.72. The normalized spacial score (nSPS) is 12.1. The number of nitrogens with one attached hydrogen (secondary N) is 2. The summed E-state index contributed by atoms with van der Waals surface area (Å²) in [5, 5.41) is 2.34. The van der Waals surface area contributed by atoms with Crippen molar-refractivity contribution in [3.63, 3.8) is 0 Å². The van der Waals surface area contributed by atoms with Crippen LogP contribution in [0.5, 0.6) is 0 Å². The van der Waals surface area contributed by atoms with E-state index in [-0.39, 0.29) is 28.9 Å². The van der Waals surface area contributed by atoms with Crippen LogP contribution in [0.1, 0.15) is 16.8 Å². The zero-order chi connectivity index (χ0) is 26.7. The Bertz CT molecular complexity index is 1420. The summed E-state index contributed by atoms with van der Waals surface area (Å²) in [7, 11) is -3.93. The SMILES string of the molecule is CS(=O)(=O)Nc1c(F)cc(CNC(=O)/C=C/c2ccc(C(F)(F)F)nc2-c2cccc(F)c2)cc1F. The molecular weight excluding hydrogens is 512 g/mol. The van der Waals surface area contributed by atoms with Gasteiger partial charge in [0.1, 0.15) is 17.2 Å². The number of alkyl halides is 3. The highest BCUT2D eigenvalue weighted by Gasteiger charge is 2.33. The van der Waals surface area contributed by atoms with E-state index < -0.39 is 50.9 Å². The maximum Gasteiger partial charge on any atom is 0.433 e. The second-order valence-corrected chi connectivity index (χ2v) is 9.25. The average Bonchev–Trinajstić information content (AvgIpc) is 2.77. The lowest BCUT2D eigenvalue weighted by Crippen LogP contribution is -2.21. The van der Waals surface area contributed by atoms with Crippen molar-refractivity contribution >= 4 is 27.7 Å². The Labute approximate surface area is 201 Å². The number of halogens is 6. The van der Waals surface area contributed by atoms with Crippen LogP contribution >= 0.6 is 0 Å². The number of hydrogen-bond donors (Lipinski definition) is 2. The van der Waals surface area contributed by atoms with E-state index in [4.69, 9.17) is 0 Å². The van der Waals surface area contributed by atoms with E-state index in [9.17, 15) is 39.6 Å². The van der Waals surface area contributed by atoms with Gasteiger partial charge in [-0.1, -0.05) is 18.2 Å². The molecule has 190 valence electrons. The van der Waals surface area contributed by atoms with Crippen molar-refractivity contribution in [2.75, 3.05) is 11.0 Å². The van der Waals surface area contributed by atoms with E-state index in [1.807, 2.05) is 0 Å². The van der Waals surface area contributed by atoms with Gasteiger partial charge in [-0.15, -0.1) is 0 Å². The topological polar surface area (TPSA) is 88.2 Å². The number of pyridine rings is 1. The molecule has 13 heteroatoms. The number of amides is 1. The van der Waals surface area contributed by atoms with Crippen molar-refractivity contribution in [3.8, 4) is 11.3 Å². The number of nitrogens with zero attached hydrogens (tertiary/aromatic N) is 1. The quantitative estimate of drug-likeness (QED) is 0.337. The van der Waals surface area contributed by atoms with Crippen LogP contribution in [0.15, 0.2) is 54.6 Å². The predicted octanol–water partition coefficient (Wildman–Crippen LogP) is 4.89. The lowest BCUT2D eigenvalue weighted by atomic mass is 10.0. The Morgan fingerprint density at radius 1 is 1.03 bits per heavy atom. The number of aromatic nitrogens is 1. The third kappa shape index (κ3) is 7.07. The van der Waals surface area contributed by atoms with Gasteiger partial charge in [-0.2, -0.15) is 13.2 Å². The summed E-state index contributed by atoms with van der Waals surface area (Å²) in [4.78, 5) is 15.8. The van der Waals surface area contributed by atoms with Crippen LogP contribution in [0, 0.1) is 17.5 Å². The molecule has 0 aliphatic rings. The first-order chi connectivity index (χ1) is 16.7. The largest absolute Gasteiger partial charge is 0.433 e. The van der Waals surface area contributed by atoms with Crippen LogP contribution in [-0.2, 0) is 27.5 Å². The first-order valence-corrected chi connectivity index (χ1v) is 11.9. The van der Waals surface area contributed by atoms with Crippen molar-refractivity contribution in [1.82, 2.24) is 10.3 Å². The van der Waals surface area contributed by atoms with Crippen LogP contribution in [0.2, 0.25) is 0 Å². The van der Waals surface area contributed by atoms with Crippen LogP contribution in [0.4, 0.5) is 32.0 Å². The molecule has 0 spiro atoms. The number of rotatable bonds is 7. The highest BCUT2D eigenvalue weighted by atomic mass is 32.2. The fraction of sp³-hybridized carbons (Fsp3) is 0.130. The van der Waals surface area contributed by atoms with Gasteiger partial charge in [0, 0.05) is 23.7 Å². The van der Waals surface area contributed by atoms with Crippen molar-refractivity contribution in [1.29, 1.82) is 0 Å². The van der Waals surface area contributed by atoms with E-state index >= 15 is 0 Å². The molecule has 0 unspecified atom stereocenters. The highest BCUT2D eigenvalue weighted by molar-refractivity contribution is 7.92. The van der Waals surface area contributed by atoms with Crippen molar-refractivity contribution in [3.05, 3.63) is 88.9 Å². The third-order valence-corrected chi connectivity index (χ3v) is 5.16. The molecule has 6 nitrogen and oxygen atoms in total. The average molecular weight is 529 g/mol. The van der Waals surface area contributed by atoms with E-state index in [1.165, 1.54) is 12.1 Å². The first-order valence-electron chi connectivity index (χ1n) is 9.99. The Morgan fingerprint density at radius 3 is 2.28 bits per heavy atom. The second-order valence-electron chi connectivity index (χ2n) is 7.50. The van der Waals surface area contributed by atoms with E-state index in [2.05, 4.69) is 10.3 Å². The second kappa shape index (κ2) is 10.4. The molecule has 1 aromatic heterocycles. The molecule has 0 saturated carbocycles. The van der Waals surface area contributed by atoms with Crippen LogP contribution in [0.3, 0.4) is 0 Å². The number of carbonyl (C=O) groups excluding carboxylic acids is 1. The van der Waals surface area contributed by atoms with Gasteiger partial charge in [0.15, 0.2) is 11.6 Å². The Morgan fingerprint density at radius 2 is 1.69 bits per heavy atom. The van der Waals surface area contributed by atoms with Gasteiger partial charge < -0.3 is 5.32 Å². The predicted molar refractivity (Wildman–Crippen MR) is 120 cm³/mol. The smallest absolute Gasteiger partial charge is 0.348 e. The minimum Gasteiger partial charge on any atom is -0.348 e. The van der Waals surface area contributed by atoms with Gasteiger partial charge in [-0.25, -0.2) is 26.6 Å². The summed E-state index contributed by atoms with van der Waals surface area (Å²) in [5.41, 5.74) is -2.19. The molecule has 0 fully saturated rings. The van der Waals surface area contributed by atoms with Gasteiger partial charge in [0.25, 0.3) is 0 Å². The molecule has 0 aliphatic heterocycles. The molecule has 0 saturated heterocycles. The van der Waals surface area contributed by atoms with E-state index in [1.54, 1.807) is 4.72 Å². The molecule has 1 amide bonds. The molecule has 3 aromatic rings. The third-order valence-electron chi connectivity index (χ3n) is 4.59. The maximum atomic E-state index is 14.1. The van der Waals surface area contributed by atoms with Crippen molar-refractivity contribution < 1.29 is 39.6 Å². The van der Waals surface area contributed by atoms with Crippen molar-refractivity contribution in [2.45, 2.75) is 12.7 Å². The highest BCUT2D eigenvalue weighted by Crippen LogP contribution is 2.32. The molecular formula is C23H17F6N3O3S. The first kappa shape index (κ1) is 26.7. The van der Waals surface area contributed by atoms with Gasteiger partial charge in [0.05, 0.1) is 11.9 Å². The molecule has 0 aliphatic carbocycles. The van der Waals surface area contributed by atoms with E-state index in [0.717, 1.165) is 48.7 Å². The number of benzene rings is 2. The zero-order valence-electron chi connectivity index (χ0n) is 18.3. The summed E-state index contributed by atoms with van der Waals surface area (Å²) in [5.74, 6) is -3.86. The number of hydrogen-bond acceptors (Lipinski definition) is 4. The zero-order valence-corrected chi connectivity index (χ0v) is 19.1. The minimum absolute atomic E-state index is 0.0255. The summed E-state index contributed by atoms with van der Waals surface area (Å²) in [6.07, 6.45) is -1.92. The Hall–Kier alpha value is -3.87.